The fourth-order valence-electron chi connectivity index (χ4n) is 2.43. The van der Waals surface area contributed by atoms with Crippen LogP contribution in [0, 0.1) is 0 Å². The van der Waals surface area contributed by atoms with Crippen LogP contribution in [-0.4, -0.2) is 19.2 Å². The summed E-state index contributed by atoms with van der Waals surface area (Å²) in [6, 6.07) is 10.8. The van der Waals surface area contributed by atoms with E-state index in [2.05, 4.69) is 6.58 Å². The first kappa shape index (κ1) is 17.5. The van der Waals surface area contributed by atoms with Gasteiger partial charge in [-0.05, 0) is 24.3 Å². The molecule has 6 heteroatoms. The molecule has 4 nitrogen and oxygen atoms in total. The highest BCUT2D eigenvalue weighted by molar-refractivity contribution is 7.25. The summed E-state index contributed by atoms with van der Waals surface area (Å²) in [5, 5.41) is 1.53. The minimum absolute atomic E-state index is 0.0975. The Bertz CT molecular complexity index is 1010. The van der Waals surface area contributed by atoms with Crippen molar-refractivity contribution < 1.29 is 14.3 Å². The van der Waals surface area contributed by atoms with Crippen LogP contribution in [0.2, 0.25) is 5.02 Å². The molecular formula is C19H15ClO4S. The summed E-state index contributed by atoms with van der Waals surface area (Å²) in [4.78, 5) is 23.7. The first-order chi connectivity index (χ1) is 12.1. The Morgan fingerprint density at radius 2 is 2.00 bits per heavy atom. The molecule has 0 amide bonds. The molecule has 1 aromatic heterocycles. The maximum absolute atomic E-state index is 12.7. The summed E-state index contributed by atoms with van der Waals surface area (Å²) in [6.45, 7) is 3.94. The third-order valence-corrected chi connectivity index (χ3v) is 5.10. The van der Waals surface area contributed by atoms with E-state index < -0.39 is 5.97 Å². The molecule has 0 saturated heterocycles. The van der Waals surface area contributed by atoms with E-state index in [1.165, 1.54) is 11.3 Å². The van der Waals surface area contributed by atoms with Crippen molar-refractivity contribution in [2.24, 2.45) is 0 Å². The molecule has 3 rings (SSSR count). The monoisotopic (exact) mass is 374 g/mol. The zero-order chi connectivity index (χ0) is 17.8. The zero-order valence-corrected chi connectivity index (χ0v) is 14.9. The van der Waals surface area contributed by atoms with Gasteiger partial charge in [0.25, 0.3) is 0 Å². The van der Waals surface area contributed by atoms with Gasteiger partial charge in [-0.1, -0.05) is 30.3 Å². The molecule has 0 N–H and O–H groups in total. The maximum atomic E-state index is 12.7. The van der Waals surface area contributed by atoms with E-state index in [1.54, 1.807) is 18.2 Å². The van der Waals surface area contributed by atoms with Gasteiger partial charge >= 0.3 is 5.97 Å². The van der Waals surface area contributed by atoms with Crippen LogP contribution in [0.15, 0.2) is 53.8 Å². The average Bonchev–Trinajstić information content (AvgIpc) is 2.63. The summed E-state index contributed by atoms with van der Waals surface area (Å²) < 4.78 is 12.3. The summed E-state index contributed by atoms with van der Waals surface area (Å²) in [5.74, 6) is 0.143. The summed E-state index contributed by atoms with van der Waals surface area (Å²) in [5.41, 5.74) is -0.0975. The van der Waals surface area contributed by atoms with Crippen molar-refractivity contribution in [2.45, 2.75) is 6.42 Å². The van der Waals surface area contributed by atoms with Crippen LogP contribution >= 0.6 is 22.9 Å². The molecule has 0 fully saturated rings. The minimum atomic E-state index is -0.457. The number of hydrogen-bond donors (Lipinski definition) is 0. The number of carbonyl (C=O) groups is 1. The standard InChI is InChI=1S/C19H15ClO4S/c1-2-16(21)24-11-5-10-23-14-9-8-13(20)17-18(22)12-6-3-4-7-15(12)25-19(14)17/h2-4,6-9H,1,5,10-11H2. The van der Waals surface area contributed by atoms with Gasteiger partial charge in [0.1, 0.15) is 5.75 Å². The summed E-state index contributed by atoms with van der Waals surface area (Å²) in [6.07, 6.45) is 1.66. The molecule has 1 heterocycles. The number of carbonyl (C=O) groups excluding carboxylic acids is 1. The smallest absolute Gasteiger partial charge is 0.330 e. The fourth-order valence-corrected chi connectivity index (χ4v) is 3.90. The fraction of sp³-hybridized carbons (Fsp3) is 0.158. The molecule has 0 atom stereocenters. The second-order valence-electron chi connectivity index (χ2n) is 5.25. The van der Waals surface area contributed by atoms with Crippen LogP contribution in [0.3, 0.4) is 0 Å². The second-order valence-corrected chi connectivity index (χ2v) is 6.71. The molecule has 0 aliphatic heterocycles. The van der Waals surface area contributed by atoms with Crippen LogP contribution in [0.4, 0.5) is 0 Å². The average molecular weight is 375 g/mol. The van der Waals surface area contributed by atoms with Crippen LogP contribution in [0.25, 0.3) is 20.2 Å². The number of halogens is 1. The van der Waals surface area contributed by atoms with Gasteiger partial charge in [-0.25, -0.2) is 4.79 Å². The van der Waals surface area contributed by atoms with E-state index in [0.29, 0.717) is 34.6 Å². The van der Waals surface area contributed by atoms with Gasteiger partial charge in [0, 0.05) is 22.6 Å². The van der Waals surface area contributed by atoms with Crippen molar-refractivity contribution in [3.05, 3.63) is 64.3 Å². The van der Waals surface area contributed by atoms with Crippen LogP contribution < -0.4 is 10.2 Å². The van der Waals surface area contributed by atoms with Crippen molar-refractivity contribution in [3.8, 4) is 5.75 Å². The van der Waals surface area contributed by atoms with Crippen LogP contribution in [0.5, 0.6) is 5.75 Å². The molecule has 0 unspecified atom stereocenters. The van der Waals surface area contributed by atoms with Crippen molar-refractivity contribution in [1.29, 1.82) is 0 Å². The molecule has 0 saturated carbocycles. The van der Waals surface area contributed by atoms with Crippen molar-refractivity contribution in [3.63, 3.8) is 0 Å². The van der Waals surface area contributed by atoms with Crippen molar-refractivity contribution >= 4 is 49.1 Å². The Kier molecular flexibility index (Phi) is 5.36. The van der Waals surface area contributed by atoms with E-state index in [9.17, 15) is 9.59 Å². The van der Waals surface area contributed by atoms with Crippen molar-refractivity contribution in [2.75, 3.05) is 13.2 Å². The third kappa shape index (κ3) is 3.67. The van der Waals surface area contributed by atoms with Gasteiger partial charge < -0.3 is 9.47 Å². The Balaban J connectivity index is 1.89. The molecule has 2 aromatic carbocycles. The minimum Gasteiger partial charge on any atom is -0.492 e. The Labute approximate surface area is 153 Å². The molecule has 3 aromatic rings. The number of benzene rings is 2. The van der Waals surface area contributed by atoms with Gasteiger partial charge in [0.05, 0.1) is 28.3 Å². The molecule has 0 spiro atoms. The molecule has 25 heavy (non-hydrogen) atoms. The van der Waals surface area contributed by atoms with E-state index in [1.807, 2.05) is 18.2 Å². The number of ether oxygens (including phenoxy) is 2. The first-order valence-electron chi connectivity index (χ1n) is 7.68. The quantitative estimate of drug-likeness (QED) is 0.274. The number of fused-ring (bicyclic) bond motifs is 2. The molecule has 128 valence electrons. The topological polar surface area (TPSA) is 52.6 Å². The van der Waals surface area contributed by atoms with E-state index in [0.717, 1.165) is 15.5 Å². The van der Waals surface area contributed by atoms with Crippen LogP contribution in [-0.2, 0) is 9.53 Å². The highest BCUT2D eigenvalue weighted by Gasteiger charge is 2.13. The Morgan fingerprint density at radius 1 is 1.20 bits per heavy atom. The predicted octanol–water partition coefficient (Wildman–Crippen LogP) is 4.57. The van der Waals surface area contributed by atoms with Gasteiger partial charge in [-0.2, -0.15) is 0 Å². The maximum Gasteiger partial charge on any atom is 0.330 e. The van der Waals surface area contributed by atoms with Gasteiger partial charge in [-0.3, -0.25) is 4.79 Å². The third-order valence-electron chi connectivity index (χ3n) is 3.60. The Hall–Kier alpha value is -2.37. The highest BCUT2D eigenvalue weighted by Crippen LogP contribution is 2.35. The lowest BCUT2D eigenvalue weighted by atomic mass is 10.2. The highest BCUT2D eigenvalue weighted by atomic mass is 35.5. The second kappa shape index (κ2) is 7.68. The number of esters is 1. The molecule has 0 radical (unpaired) electrons. The predicted molar refractivity (Wildman–Crippen MR) is 102 cm³/mol. The number of rotatable bonds is 6. The van der Waals surface area contributed by atoms with Crippen LogP contribution in [0.1, 0.15) is 6.42 Å². The Morgan fingerprint density at radius 3 is 2.80 bits per heavy atom. The lowest BCUT2D eigenvalue weighted by molar-refractivity contribution is -0.137. The van der Waals surface area contributed by atoms with Gasteiger partial charge in [-0.15, -0.1) is 11.3 Å². The normalized spacial score (nSPS) is 10.8. The first-order valence-corrected chi connectivity index (χ1v) is 8.87. The van der Waals surface area contributed by atoms with Gasteiger partial charge in [0.15, 0.2) is 5.43 Å². The summed E-state index contributed by atoms with van der Waals surface area (Å²) >= 11 is 7.72. The molecular weight excluding hydrogens is 360 g/mol. The van der Waals surface area contributed by atoms with E-state index >= 15 is 0 Å². The lowest BCUT2D eigenvalue weighted by Crippen LogP contribution is -2.07. The molecule has 0 aliphatic carbocycles. The van der Waals surface area contributed by atoms with Gasteiger partial charge in [0.2, 0.25) is 0 Å². The SMILES string of the molecule is C=CC(=O)OCCCOc1ccc(Cl)c2c(=O)c3ccccc3sc12. The van der Waals surface area contributed by atoms with E-state index in [-0.39, 0.29) is 12.0 Å². The summed E-state index contributed by atoms with van der Waals surface area (Å²) in [7, 11) is 0. The lowest BCUT2D eigenvalue weighted by Gasteiger charge is -2.10. The zero-order valence-electron chi connectivity index (χ0n) is 13.3. The molecule has 0 aliphatic rings. The largest absolute Gasteiger partial charge is 0.492 e. The van der Waals surface area contributed by atoms with E-state index in [4.69, 9.17) is 21.1 Å². The van der Waals surface area contributed by atoms with Crippen molar-refractivity contribution in [1.82, 2.24) is 0 Å². The number of hydrogen-bond acceptors (Lipinski definition) is 5. The molecule has 0 bridgehead atoms.